The zero-order valence-electron chi connectivity index (χ0n) is 11.2. The first-order valence-corrected chi connectivity index (χ1v) is 6.43. The minimum Gasteiger partial charge on any atom is -0.383 e. The molecule has 0 aliphatic carbocycles. The SMILES string of the molecule is CC(C)(C)c1nn(Cc2ccc(F)cc2)c(N)c1Cl. The van der Waals surface area contributed by atoms with Gasteiger partial charge < -0.3 is 5.73 Å². The smallest absolute Gasteiger partial charge is 0.141 e. The van der Waals surface area contributed by atoms with Crippen molar-refractivity contribution in [3.05, 3.63) is 46.4 Å². The summed E-state index contributed by atoms with van der Waals surface area (Å²) >= 11 is 6.22. The number of hydrogen-bond donors (Lipinski definition) is 1. The molecule has 0 saturated heterocycles. The number of hydrogen-bond acceptors (Lipinski definition) is 2. The van der Waals surface area contributed by atoms with E-state index in [-0.39, 0.29) is 11.2 Å². The van der Waals surface area contributed by atoms with Crippen LogP contribution in [0.1, 0.15) is 32.0 Å². The number of halogens is 2. The number of rotatable bonds is 2. The number of nitrogen functional groups attached to an aromatic ring is 1. The maximum absolute atomic E-state index is 12.9. The molecule has 0 aliphatic rings. The summed E-state index contributed by atoms with van der Waals surface area (Å²) in [6.07, 6.45) is 0. The van der Waals surface area contributed by atoms with Crippen LogP contribution in [0.15, 0.2) is 24.3 Å². The highest BCUT2D eigenvalue weighted by atomic mass is 35.5. The Bertz CT molecular complexity index is 582. The summed E-state index contributed by atoms with van der Waals surface area (Å²) in [7, 11) is 0. The molecule has 0 unspecified atom stereocenters. The minimum absolute atomic E-state index is 0.167. The lowest BCUT2D eigenvalue weighted by Crippen LogP contribution is -2.13. The van der Waals surface area contributed by atoms with Crippen molar-refractivity contribution in [3.63, 3.8) is 0 Å². The highest BCUT2D eigenvalue weighted by Gasteiger charge is 2.24. The van der Waals surface area contributed by atoms with Gasteiger partial charge in [0.05, 0.1) is 12.2 Å². The normalized spacial score (nSPS) is 11.8. The average molecular weight is 282 g/mol. The molecule has 0 atom stereocenters. The van der Waals surface area contributed by atoms with Crippen LogP contribution in [0.3, 0.4) is 0 Å². The Labute approximate surface area is 117 Å². The molecule has 0 aliphatic heterocycles. The zero-order valence-corrected chi connectivity index (χ0v) is 12.0. The molecule has 2 N–H and O–H groups in total. The van der Waals surface area contributed by atoms with E-state index in [1.165, 1.54) is 12.1 Å². The Kier molecular flexibility index (Phi) is 3.54. The molecule has 2 aromatic rings. The number of aromatic nitrogens is 2. The molecule has 0 fully saturated rings. The van der Waals surface area contributed by atoms with E-state index in [1.54, 1.807) is 16.8 Å². The largest absolute Gasteiger partial charge is 0.383 e. The molecule has 0 amide bonds. The quantitative estimate of drug-likeness (QED) is 0.914. The van der Waals surface area contributed by atoms with E-state index in [0.29, 0.717) is 17.4 Å². The Morgan fingerprint density at radius 3 is 2.32 bits per heavy atom. The number of nitrogens with two attached hydrogens (primary N) is 1. The summed E-state index contributed by atoms with van der Waals surface area (Å²) < 4.78 is 14.5. The summed E-state index contributed by atoms with van der Waals surface area (Å²) in [5, 5.41) is 4.96. The van der Waals surface area contributed by atoms with Gasteiger partial charge >= 0.3 is 0 Å². The first kappa shape index (κ1) is 13.9. The highest BCUT2D eigenvalue weighted by Crippen LogP contribution is 2.32. The molecule has 2 rings (SSSR count). The van der Waals surface area contributed by atoms with Crippen molar-refractivity contribution in [3.8, 4) is 0 Å². The predicted molar refractivity (Wildman–Crippen MR) is 75.9 cm³/mol. The topological polar surface area (TPSA) is 43.8 Å². The Morgan fingerprint density at radius 1 is 1.26 bits per heavy atom. The summed E-state index contributed by atoms with van der Waals surface area (Å²) in [4.78, 5) is 0. The standard InChI is InChI=1S/C14H17ClFN3/c1-14(2,3)12-11(15)13(17)19(18-12)8-9-4-6-10(16)7-5-9/h4-7H,8,17H2,1-3H3. The summed E-state index contributed by atoms with van der Waals surface area (Å²) in [5.41, 5.74) is 7.50. The van der Waals surface area contributed by atoms with Crippen LogP contribution in [-0.2, 0) is 12.0 Å². The number of anilines is 1. The maximum atomic E-state index is 12.9. The summed E-state index contributed by atoms with van der Waals surface area (Å²) in [6, 6.07) is 6.25. The predicted octanol–water partition coefficient (Wildman–Crippen LogP) is 3.60. The van der Waals surface area contributed by atoms with E-state index in [0.717, 1.165) is 11.3 Å². The first-order valence-electron chi connectivity index (χ1n) is 6.06. The van der Waals surface area contributed by atoms with E-state index >= 15 is 0 Å². The van der Waals surface area contributed by atoms with Gasteiger partial charge in [0.2, 0.25) is 0 Å². The van der Waals surface area contributed by atoms with Crippen molar-refractivity contribution in [1.82, 2.24) is 9.78 Å². The Morgan fingerprint density at radius 2 is 1.84 bits per heavy atom. The average Bonchev–Trinajstić information content (AvgIpc) is 2.60. The van der Waals surface area contributed by atoms with Gasteiger partial charge in [-0.15, -0.1) is 0 Å². The van der Waals surface area contributed by atoms with Gasteiger partial charge in [0.1, 0.15) is 16.7 Å². The van der Waals surface area contributed by atoms with E-state index in [4.69, 9.17) is 17.3 Å². The molecule has 1 aromatic carbocycles. The summed E-state index contributed by atoms with van der Waals surface area (Å²) in [6.45, 7) is 6.57. The molecule has 0 radical (unpaired) electrons. The molecule has 102 valence electrons. The van der Waals surface area contributed by atoms with E-state index < -0.39 is 0 Å². The van der Waals surface area contributed by atoms with Crippen molar-refractivity contribution >= 4 is 17.4 Å². The van der Waals surface area contributed by atoms with E-state index in [9.17, 15) is 4.39 Å². The minimum atomic E-state index is -0.259. The third-order valence-electron chi connectivity index (χ3n) is 2.89. The second-order valence-electron chi connectivity index (χ2n) is 5.58. The van der Waals surface area contributed by atoms with E-state index in [1.807, 2.05) is 20.8 Å². The molecule has 3 nitrogen and oxygen atoms in total. The first-order chi connectivity index (χ1) is 8.79. The lowest BCUT2D eigenvalue weighted by molar-refractivity contribution is 0.546. The lowest BCUT2D eigenvalue weighted by atomic mass is 9.92. The van der Waals surface area contributed by atoms with Crippen LogP contribution in [0.5, 0.6) is 0 Å². The number of nitrogens with zero attached hydrogens (tertiary/aromatic N) is 2. The molecule has 1 aromatic heterocycles. The third kappa shape index (κ3) is 2.89. The Hall–Kier alpha value is -1.55. The fourth-order valence-electron chi connectivity index (χ4n) is 1.82. The van der Waals surface area contributed by atoms with Gasteiger partial charge in [0.15, 0.2) is 0 Å². The molecular formula is C14H17ClFN3. The van der Waals surface area contributed by atoms with Gasteiger partial charge in [-0.3, -0.25) is 0 Å². The maximum Gasteiger partial charge on any atom is 0.141 e. The van der Waals surface area contributed by atoms with Crippen LogP contribution in [0.4, 0.5) is 10.2 Å². The van der Waals surface area contributed by atoms with Crippen molar-refractivity contribution in [2.24, 2.45) is 0 Å². The van der Waals surface area contributed by atoms with Crippen LogP contribution in [-0.4, -0.2) is 9.78 Å². The molecule has 5 heteroatoms. The van der Waals surface area contributed by atoms with Crippen LogP contribution in [0.2, 0.25) is 5.02 Å². The fourth-order valence-corrected chi connectivity index (χ4v) is 2.23. The molecule has 0 saturated carbocycles. The van der Waals surface area contributed by atoms with Crippen LogP contribution in [0.25, 0.3) is 0 Å². The Balaban J connectivity index is 2.34. The second kappa shape index (κ2) is 4.85. The molecule has 0 bridgehead atoms. The van der Waals surface area contributed by atoms with Gasteiger partial charge in [-0.1, -0.05) is 44.5 Å². The fraction of sp³-hybridized carbons (Fsp3) is 0.357. The molecule has 0 spiro atoms. The zero-order chi connectivity index (χ0) is 14.2. The van der Waals surface area contributed by atoms with Crippen molar-refractivity contribution in [2.75, 3.05) is 5.73 Å². The van der Waals surface area contributed by atoms with Crippen LogP contribution >= 0.6 is 11.6 Å². The van der Waals surface area contributed by atoms with Gasteiger partial charge in [-0.25, -0.2) is 9.07 Å². The lowest BCUT2D eigenvalue weighted by Gasteiger charge is -2.15. The van der Waals surface area contributed by atoms with Crippen molar-refractivity contribution in [2.45, 2.75) is 32.7 Å². The van der Waals surface area contributed by atoms with Crippen molar-refractivity contribution < 1.29 is 4.39 Å². The van der Waals surface area contributed by atoms with Gasteiger partial charge in [0.25, 0.3) is 0 Å². The molecule has 1 heterocycles. The van der Waals surface area contributed by atoms with Gasteiger partial charge in [0, 0.05) is 5.41 Å². The molecule has 19 heavy (non-hydrogen) atoms. The van der Waals surface area contributed by atoms with Crippen molar-refractivity contribution in [1.29, 1.82) is 0 Å². The molecular weight excluding hydrogens is 265 g/mol. The summed E-state index contributed by atoms with van der Waals surface area (Å²) in [5.74, 6) is 0.182. The number of benzene rings is 1. The van der Waals surface area contributed by atoms with E-state index in [2.05, 4.69) is 5.10 Å². The van der Waals surface area contributed by atoms with Crippen LogP contribution in [0, 0.1) is 5.82 Å². The second-order valence-corrected chi connectivity index (χ2v) is 5.96. The highest BCUT2D eigenvalue weighted by molar-refractivity contribution is 6.33. The van der Waals surface area contributed by atoms with Gasteiger partial charge in [-0.2, -0.15) is 5.10 Å². The monoisotopic (exact) mass is 281 g/mol. The third-order valence-corrected chi connectivity index (χ3v) is 3.26. The van der Waals surface area contributed by atoms with Crippen LogP contribution < -0.4 is 5.73 Å². The van der Waals surface area contributed by atoms with Gasteiger partial charge in [-0.05, 0) is 17.7 Å².